The zero-order chi connectivity index (χ0) is 13.9. The Morgan fingerprint density at radius 2 is 2.28 bits per heavy atom. The van der Waals surface area contributed by atoms with Gasteiger partial charge in [0.15, 0.2) is 0 Å². The molecule has 5 nitrogen and oxygen atoms in total. The van der Waals surface area contributed by atoms with E-state index in [0.29, 0.717) is 11.3 Å². The summed E-state index contributed by atoms with van der Waals surface area (Å²) >= 11 is 0.951. The molecule has 1 aromatic heterocycles. The summed E-state index contributed by atoms with van der Waals surface area (Å²) in [5, 5.41) is 8.84. The molecule has 0 radical (unpaired) electrons. The van der Waals surface area contributed by atoms with Crippen molar-refractivity contribution in [3.8, 4) is 0 Å². The lowest BCUT2D eigenvalue weighted by molar-refractivity contribution is 0.0702. The van der Waals surface area contributed by atoms with Crippen molar-refractivity contribution in [3.05, 3.63) is 28.5 Å². The topological polar surface area (TPSA) is 83.5 Å². The van der Waals surface area contributed by atoms with Gasteiger partial charge in [0.1, 0.15) is 4.88 Å². The van der Waals surface area contributed by atoms with E-state index in [1.807, 2.05) is 0 Å². The van der Waals surface area contributed by atoms with E-state index in [2.05, 4.69) is 11.3 Å². The third-order valence-corrected chi connectivity index (χ3v) is 5.13. The van der Waals surface area contributed by atoms with Gasteiger partial charge in [-0.2, -0.15) is 0 Å². The maximum absolute atomic E-state index is 12.0. The number of aryl methyl sites for hydroxylation is 1. The Balaban J connectivity index is 3.05. The fourth-order valence-corrected chi connectivity index (χ4v) is 4.15. The van der Waals surface area contributed by atoms with Gasteiger partial charge in [0.2, 0.25) is 10.0 Å². The van der Waals surface area contributed by atoms with Crippen LogP contribution in [0.25, 0.3) is 0 Å². The van der Waals surface area contributed by atoms with E-state index in [1.165, 1.54) is 6.07 Å². The van der Waals surface area contributed by atoms with Crippen LogP contribution in [0, 0.1) is 6.92 Å². The molecule has 0 aliphatic carbocycles. The zero-order valence-corrected chi connectivity index (χ0v) is 11.8. The fourth-order valence-electron chi connectivity index (χ4n) is 1.46. The van der Waals surface area contributed by atoms with Gasteiger partial charge < -0.3 is 5.11 Å². The molecule has 0 aromatic carbocycles. The molecule has 100 valence electrons. The highest BCUT2D eigenvalue weighted by Crippen LogP contribution is 2.25. The van der Waals surface area contributed by atoms with Crippen molar-refractivity contribution in [1.82, 2.24) is 4.72 Å². The van der Waals surface area contributed by atoms with Crippen molar-refractivity contribution < 1.29 is 18.3 Å². The summed E-state index contributed by atoms with van der Waals surface area (Å²) in [6, 6.07) is 0.908. The Morgan fingerprint density at radius 3 is 2.72 bits per heavy atom. The van der Waals surface area contributed by atoms with Crippen LogP contribution < -0.4 is 4.72 Å². The second-order valence-corrected chi connectivity index (χ2v) is 6.82. The van der Waals surface area contributed by atoms with Gasteiger partial charge in [-0.3, -0.25) is 0 Å². The lowest BCUT2D eigenvalue weighted by Gasteiger charge is -2.11. The number of rotatable bonds is 6. The third kappa shape index (κ3) is 3.41. The number of hydrogen-bond donors (Lipinski definition) is 2. The minimum Gasteiger partial charge on any atom is -0.477 e. The molecule has 0 amide bonds. The molecule has 18 heavy (non-hydrogen) atoms. The summed E-state index contributed by atoms with van der Waals surface area (Å²) in [4.78, 5) is 11.3. The number of aromatic carboxylic acids is 1. The number of carboxylic acids is 1. The Morgan fingerprint density at radius 1 is 1.67 bits per heavy atom. The zero-order valence-electron chi connectivity index (χ0n) is 10.1. The van der Waals surface area contributed by atoms with Gasteiger partial charge in [-0.1, -0.05) is 6.08 Å². The second kappa shape index (κ2) is 5.64. The van der Waals surface area contributed by atoms with E-state index in [1.54, 1.807) is 19.9 Å². The van der Waals surface area contributed by atoms with Gasteiger partial charge in [0, 0.05) is 10.9 Å². The first-order chi connectivity index (χ1) is 8.27. The molecular formula is C11H15NO4S2. The molecule has 0 fully saturated rings. The molecule has 1 aromatic rings. The van der Waals surface area contributed by atoms with Gasteiger partial charge in [-0.05, 0) is 26.3 Å². The largest absolute Gasteiger partial charge is 0.477 e. The quantitative estimate of drug-likeness (QED) is 0.785. The minimum atomic E-state index is -3.68. The van der Waals surface area contributed by atoms with Crippen LogP contribution in [0.4, 0.5) is 0 Å². The van der Waals surface area contributed by atoms with E-state index in [4.69, 9.17) is 5.11 Å². The molecule has 0 saturated heterocycles. The first kappa shape index (κ1) is 14.9. The summed E-state index contributed by atoms with van der Waals surface area (Å²) in [6.07, 6.45) is 2.13. The number of hydrogen-bond acceptors (Lipinski definition) is 4. The maximum atomic E-state index is 12.0. The average molecular weight is 289 g/mol. The lowest BCUT2D eigenvalue weighted by atomic mass is 10.3. The number of carbonyl (C=O) groups is 1. The molecule has 7 heteroatoms. The van der Waals surface area contributed by atoms with Crippen LogP contribution in [-0.4, -0.2) is 25.5 Å². The molecule has 1 unspecified atom stereocenters. The number of carboxylic acid groups (broad SMARTS) is 1. The van der Waals surface area contributed by atoms with Crippen molar-refractivity contribution in [3.63, 3.8) is 0 Å². The molecular weight excluding hydrogens is 274 g/mol. The second-order valence-electron chi connectivity index (χ2n) is 3.88. The normalized spacial score (nSPS) is 13.2. The first-order valence-electron chi connectivity index (χ1n) is 5.25. The molecule has 0 saturated carbocycles. The van der Waals surface area contributed by atoms with Gasteiger partial charge >= 0.3 is 5.97 Å². The Bertz CT molecular complexity index is 560. The van der Waals surface area contributed by atoms with Crippen LogP contribution in [0.5, 0.6) is 0 Å². The van der Waals surface area contributed by atoms with E-state index < -0.39 is 16.0 Å². The molecule has 2 N–H and O–H groups in total. The van der Waals surface area contributed by atoms with Crippen molar-refractivity contribution in [2.24, 2.45) is 0 Å². The van der Waals surface area contributed by atoms with Gasteiger partial charge in [0.05, 0.1) is 4.90 Å². The average Bonchev–Trinajstić information content (AvgIpc) is 2.60. The first-order valence-corrected chi connectivity index (χ1v) is 7.55. The maximum Gasteiger partial charge on any atom is 0.345 e. The highest BCUT2D eigenvalue weighted by Gasteiger charge is 2.23. The van der Waals surface area contributed by atoms with Crippen molar-refractivity contribution >= 4 is 27.3 Å². The predicted octanol–water partition coefficient (Wildman–Crippen LogP) is 2.00. The van der Waals surface area contributed by atoms with E-state index in [-0.39, 0.29) is 15.8 Å². The van der Waals surface area contributed by atoms with Crippen LogP contribution in [-0.2, 0) is 10.0 Å². The number of sulfonamides is 1. The number of thiophene rings is 1. The summed E-state index contributed by atoms with van der Waals surface area (Å²) in [7, 11) is -3.68. The molecule has 0 spiro atoms. The SMILES string of the molecule is C=CCC(C)NS(=O)(=O)c1cc(C(=O)O)sc1C. The molecule has 0 aliphatic heterocycles. The standard InChI is InChI=1S/C11H15NO4S2/c1-4-5-7(2)12-18(15,16)10-6-9(11(13)14)17-8(10)3/h4,6-7,12H,1,5H2,2-3H3,(H,13,14). The van der Waals surface area contributed by atoms with E-state index in [9.17, 15) is 13.2 Å². The van der Waals surface area contributed by atoms with Crippen LogP contribution in [0.2, 0.25) is 0 Å². The van der Waals surface area contributed by atoms with Crippen molar-refractivity contribution in [2.45, 2.75) is 31.2 Å². The predicted molar refractivity (Wildman–Crippen MR) is 70.6 cm³/mol. The minimum absolute atomic E-state index is 0.0178. The third-order valence-electron chi connectivity index (χ3n) is 2.25. The monoisotopic (exact) mass is 289 g/mol. The smallest absolute Gasteiger partial charge is 0.345 e. The molecule has 1 heterocycles. The Kier molecular flexibility index (Phi) is 4.66. The number of nitrogens with one attached hydrogen (secondary N) is 1. The van der Waals surface area contributed by atoms with Crippen molar-refractivity contribution in [2.75, 3.05) is 0 Å². The van der Waals surface area contributed by atoms with Gasteiger partial charge in [0.25, 0.3) is 0 Å². The summed E-state index contributed by atoms with van der Waals surface area (Å²) in [6.45, 7) is 6.85. The summed E-state index contributed by atoms with van der Waals surface area (Å²) < 4.78 is 26.6. The van der Waals surface area contributed by atoms with Gasteiger partial charge in [-0.15, -0.1) is 17.9 Å². The van der Waals surface area contributed by atoms with Gasteiger partial charge in [-0.25, -0.2) is 17.9 Å². The summed E-state index contributed by atoms with van der Waals surface area (Å²) in [5.74, 6) is -1.12. The highest BCUT2D eigenvalue weighted by atomic mass is 32.2. The Hall–Kier alpha value is -1.18. The molecule has 1 rings (SSSR count). The van der Waals surface area contributed by atoms with Crippen LogP contribution in [0.1, 0.15) is 27.9 Å². The van der Waals surface area contributed by atoms with Crippen LogP contribution in [0.15, 0.2) is 23.6 Å². The van der Waals surface area contributed by atoms with Crippen LogP contribution in [0.3, 0.4) is 0 Å². The van der Waals surface area contributed by atoms with Crippen LogP contribution >= 0.6 is 11.3 Å². The molecule has 1 atom stereocenters. The molecule has 0 bridgehead atoms. The van der Waals surface area contributed by atoms with E-state index in [0.717, 1.165) is 11.3 Å². The highest BCUT2D eigenvalue weighted by molar-refractivity contribution is 7.89. The fraction of sp³-hybridized carbons (Fsp3) is 0.364. The lowest BCUT2D eigenvalue weighted by Crippen LogP contribution is -2.32. The van der Waals surface area contributed by atoms with Crippen molar-refractivity contribution in [1.29, 1.82) is 0 Å². The summed E-state index contributed by atoms with van der Waals surface area (Å²) in [5.41, 5.74) is 0. The van der Waals surface area contributed by atoms with E-state index >= 15 is 0 Å². The Labute approximate surface area is 110 Å². The molecule has 0 aliphatic rings.